The molecule has 1 N–H and O–H groups in total. The van der Waals surface area contributed by atoms with Gasteiger partial charge in [0.1, 0.15) is 11.3 Å². The first-order chi connectivity index (χ1) is 12.6. The van der Waals surface area contributed by atoms with Crippen LogP contribution >= 0.6 is 0 Å². The van der Waals surface area contributed by atoms with Gasteiger partial charge in [-0.05, 0) is 41.5 Å². The minimum absolute atomic E-state index is 0.0414. The third kappa shape index (κ3) is 3.18. The van der Waals surface area contributed by atoms with E-state index in [2.05, 4.69) is 11.0 Å². The Hall–Kier alpha value is -2.79. The van der Waals surface area contributed by atoms with Crippen molar-refractivity contribution in [2.75, 3.05) is 20.2 Å². The quantitative estimate of drug-likeness (QED) is 0.759. The molecular formula is C21H21NO4. The molecule has 0 amide bonds. The predicted molar refractivity (Wildman–Crippen MR) is 98.4 cm³/mol. The molecule has 0 aliphatic carbocycles. The first kappa shape index (κ1) is 16.7. The van der Waals surface area contributed by atoms with Gasteiger partial charge in [0.2, 0.25) is 0 Å². The fraction of sp³-hybridized carbons (Fsp3) is 0.286. The van der Waals surface area contributed by atoms with Crippen LogP contribution in [0.15, 0.2) is 59.2 Å². The van der Waals surface area contributed by atoms with Crippen LogP contribution in [0.1, 0.15) is 17.0 Å². The number of carbonyl (C=O) groups is 1. The molecule has 2 aromatic carbocycles. The first-order valence-corrected chi connectivity index (χ1v) is 8.69. The molecule has 0 unspecified atom stereocenters. The Morgan fingerprint density at radius 3 is 2.92 bits per heavy atom. The molecule has 0 radical (unpaired) electrons. The lowest BCUT2D eigenvalue weighted by atomic mass is 9.89. The van der Waals surface area contributed by atoms with Crippen molar-refractivity contribution < 1.29 is 19.1 Å². The van der Waals surface area contributed by atoms with Crippen LogP contribution in [0.2, 0.25) is 0 Å². The van der Waals surface area contributed by atoms with Gasteiger partial charge in [0, 0.05) is 30.9 Å². The van der Waals surface area contributed by atoms with Gasteiger partial charge in [0.15, 0.2) is 0 Å². The van der Waals surface area contributed by atoms with E-state index in [1.54, 1.807) is 13.4 Å². The molecular weight excluding hydrogens is 330 g/mol. The minimum Gasteiger partial charge on any atom is -0.497 e. The summed E-state index contributed by atoms with van der Waals surface area (Å²) in [5.74, 6) is -0.443. The van der Waals surface area contributed by atoms with Crippen LogP contribution in [0.25, 0.3) is 11.0 Å². The van der Waals surface area contributed by atoms with Crippen molar-refractivity contribution in [2.24, 2.45) is 5.92 Å². The first-order valence-electron chi connectivity index (χ1n) is 8.69. The van der Waals surface area contributed by atoms with Crippen LogP contribution in [0, 0.1) is 5.92 Å². The number of methoxy groups -OCH3 is 1. The second-order valence-corrected chi connectivity index (χ2v) is 6.81. The molecule has 1 aliphatic heterocycles. The Morgan fingerprint density at radius 1 is 1.23 bits per heavy atom. The van der Waals surface area contributed by atoms with Gasteiger partial charge in [-0.15, -0.1) is 0 Å². The molecule has 1 aliphatic rings. The second-order valence-electron chi connectivity index (χ2n) is 6.81. The third-order valence-electron chi connectivity index (χ3n) is 5.16. The highest BCUT2D eigenvalue weighted by molar-refractivity contribution is 5.77. The summed E-state index contributed by atoms with van der Waals surface area (Å²) in [5, 5.41) is 10.8. The number of hydrogen-bond donors (Lipinski definition) is 1. The Kier molecular flexibility index (Phi) is 4.39. The Morgan fingerprint density at radius 2 is 2.12 bits per heavy atom. The summed E-state index contributed by atoms with van der Waals surface area (Å²) >= 11 is 0. The third-order valence-corrected chi connectivity index (χ3v) is 5.16. The zero-order chi connectivity index (χ0) is 18.1. The number of nitrogens with zero attached hydrogens (tertiary/aromatic N) is 1. The van der Waals surface area contributed by atoms with E-state index < -0.39 is 11.9 Å². The van der Waals surface area contributed by atoms with Crippen molar-refractivity contribution in [1.29, 1.82) is 0 Å². The second kappa shape index (κ2) is 6.84. The average Bonchev–Trinajstić information content (AvgIpc) is 3.28. The highest BCUT2D eigenvalue weighted by atomic mass is 16.5. The Labute approximate surface area is 151 Å². The van der Waals surface area contributed by atoms with Gasteiger partial charge in [0.05, 0.1) is 19.3 Å². The molecule has 1 aromatic heterocycles. The van der Waals surface area contributed by atoms with Crippen molar-refractivity contribution in [2.45, 2.75) is 12.5 Å². The fourth-order valence-electron chi connectivity index (χ4n) is 3.85. The number of ether oxygens (including phenoxy) is 1. The lowest BCUT2D eigenvalue weighted by molar-refractivity contribution is -0.141. The molecule has 0 saturated carbocycles. The number of likely N-dealkylation sites (tertiary alicyclic amines) is 1. The molecule has 3 aromatic rings. The smallest absolute Gasteiger partial charge is 0.308 e. The fourth-order valence-corrected chi connectivity index (χ4v) is 3.85. The van der Waals surface area contributed by atoms with E-state index in [0.29, 0.717) is 13.1 Å². The van der Waals surface area contributed by atoms with Crippen molar-refractivity contribution in [3.63, 3.8) is 0 Å². The lowest BCUT2D eigenvalue weighted by Gasteiger charge is -2.17. The summed E-state index contributed by atoms with van der Waals surface area (Å²) in [6, 6.07) is 15.8. The van der Waals surface area contributed by atoms with Crippen LogP contribution in [0.4, 0.5) is 0 Å². The summed E-state index contributed by atoms with van der Waals surface area (Å²) in [5.41, 5.74) is 3.05. The molecule has 2 heterocycles. The van der Waals surface area contributed by atoms with Gasteiger partial charge in [0.25, 0.3) is 0 Å². The summed E-state index contributed by atoms with van der Waals surface area (Å²) in [6.07, 6.45) is 1.68. The van der Waals surface area contributed by atoms with Crippen LogP contribution in [-0.2, 0) is 11.3 Å². The highest BCUT2D eigenvalue weighted by Gasteiger charge is 2.38. The number of furan rings is 1. The van der Waals surface area contributed by atoms with E-state index >= 15 is 0 Å². The van der Waals surface area contributed by atoms with E-state index in [-0.39, 0.29) is 5.92 Å². The molecule has 5 heteroatoms. The number of benzene rings is 2. The van der Waals surface area contributed by atoms with Crippen molar-refractivity contribution in [3.05, 3.63) is 65.9 Å². The van der Waals surface area contributed by atoms with Crippen LogP contribution in [0.5, 0.6) is 5.75 Å². The van der Waals surface area contributed by atoms with Gasteiger partial charge in [-0.2, -0.15) is 0 Å². The molecule has 1 fully saturated rings. The zero-order valence-electron chi connectivity index (χ0n) is 14.6. The molecule has 4 rings (SSSR count). The maximum atomic E-state index is 11.8. The van der Waals surface area contributed by atoms with Gasteiger partial charge in [-0.1, -0.05) is 18.2 Å². The van der Waals surface area contributed by atoms with E-state index in [9.17, 15) is 9.90 Å². The van der Waals surface area contributed by atoms with Gasteiger partial charge in [-0.3, -0.25) is 9.69 Å². The molecule has 26 heavy (non-hydrogen) atoms. The van der Waals surface area contributed by atoms with E-state index in [1.807, 2.05) is 42.5 Å². The van der Waals surface area contributed by atoms with Crippen LogP contribution in [-0.4, -0.2) is 36.2 Å². The lowest BCUT2D eigenvalue weighted by Crippen LogP contribution is -2.23. The van der Waals surface area contributed by atoms with Gasteiger partial charge >= 0.3 is 5.97 Å². The number of aliphatic carboxylic acids is 1. The summed E-state index contributed by atoms with van der Waals surface area (Å²) in [4.78, 5) is 14.0. The maximum absolute atomic E-state index is 11.8. The highest BCUT2D eigenvalue weighted by Crippen LogP contribution is 2.35. The number of fused-ring (bicyclic) bond motifs is 1. The molecule has 2 atom stereocenters. The van der Waals surface area contributed by atoms with Crippen LogP contribution < -0.4 is 4.74 Å². The van der Waals surface area contributed by atoms with Crippen molar-refractivity contribution in [1.82, 2.24) is 4.90 Å². The topological polar surface area (TPSA) is 62.9 Å². The van der Waals surface area contributed by atoms with Gasteiger partial charge < -0.3 is 14.3 Å². The number of carboxylic acid groups (broad SMARTS) is 1. The largest absolute Gasteiger partial charge is 0.497 e. The number of rotatable bonds is 5. The van der Waals surface area contributed by atoms with E-state index in [4.69, 9.17) is 9.15 Å². The normalized spacial score (nSPS) is 20.5. The average molecular weight is 351 g/mol. The van der Waals surface area contributed by atoms with Gasteiger partial charge in [-0.25, -0.2) is 0 Å². The van der Waals surface area contributed by atoms with E-state index in [1.165, 1.54) is 0 Å². The molecule has 0 spiro atoms. The summed E-state index contributed by atoms with van der Waals surface area (Å²) < 4.78 is 10.7. The van der Waals surface area contributed by atoms with Crippen molar-refractivity contribution in [3.8, 4) is 5.75 Å². The standard InChI is InChI=1S/C21H21NO4/c1-25-17-4-2-3-15(10-17)18-12-22(13-19(18)21(23)24)11-14-5-6-20-16(9-14)7-8-26-20/h2-10,18-19H,11-13H2,1H3,(H,23,24)/t18-,19+/m0/s1. The molecule has 1 saturated heterocycles. The van der Waals surface area contributed by atoms with Crippen molar-refractivity contribution >= 4 is 16.9 Å². The molecule has 0 bridgehead atoms. The predicted octanol–water partition coefficient (Wildman–Crippen LogP) is 3.74. The Balaban J connectivity index is 1.55. The summed E-state index contributed by atoms with van der Waals surface area (Å²) in [6.45, 7) is 1.99. The molecule has 134 valence electrons. The maximum Gasteiger partial charge on any atom is 0.308 e. The number of hydrogen-bond acceptors (Lipinski definition) is 4. The number of carboxylic acids is 1. The van der Waals surface area contributed by atoms with Crippen LogP contribution in [0.3, 0.4) is 0 Å². The zero-order valence-corrected chi connectivity index (χ0v) is 14.6. The molecule has 5 nitrogen and oxygen atoms in total. The minimum atomic E-state index is -0.745. The SMILES string of the molecule is COc1cccc([C@@H]2CN(Cc3ccc4occc4c3)C[C@H]2C(=O)O)c1. The summed E-state index contributed by atoms with van der Waals surface area (Å²) in [7, 11) is 1.63. The Bertz CT molecular complexity index is 932. The monoisotopic (exact) mass is 351 g/mol. The van der Waals surface area contributed by atoms with E-state index in [0.717, 1.165) is 34.4 Å².